The lowest BCUT2D eigenvalue weighted by molar-refractivity contribution is 1.36. The molecule has 0 aliphatic rings. The highest BCUT2D eigenvalue weighted by molar-refractivity contribution is 9.10. The summed E-state index contributed by atoms with van der Waals surface area (Å²) in [6, 6.07) is 1.79. The molecule has 0 saturated carbocycles. The molecule has 0 atom stereocenters. The first-order valence-electron chi connectivity index (χ1n) is 1.78. The molecule has 3 heteroatoms. The Morgan fingerprint density at radius 2 is 2.43 bits per heavy atom. The fraction of sp³-hybridized carbons (Fsp3) is 0. The Bertz CT molecular complexity index is 144. The lowest BCUT2D eigenvalue weighted by atomic mass is 10.7. The van der Waals surface area contributed by atoms with Crippen LogP contribution in [0.2, 0.25) is 5.02 Å². The van der Waals surface area contributed by atoms with Gasteiger partial charge in [0, 0.05) is 6.20 Å². The highest BCUT2D eigenvalue weighted by atomic mass is 79.9. The molecule has 7 heavy (non-hydrogen) atoms. The molecule has 0 bridgehead atoms. The minimum Gasteiger partial charge on any atom is -0.355 e. The summed E-state index contributed by atoms with van der Waals surface area (Å²) in [5.41, 5.74) is 0. The van der Waals surface area contributed by atoms with Crippen molar-refractivity contribution >= 4 is 27.5 Å². The van der Waals surface area contributed by atoms with E-state index in [1.54, 1.807) is 12.3 Å². The summed E-state index contributed by atoms with van der Waals surface area (Å²) in [6.45, 7) is 0. The van der Waals surface area contributed by atoms with Gasteiger partial charge in [-0.1, -0.05) is 11.6 Å². The molecule has 0 spiro atoms. The molecule has 0 amide bonds. The van der Waals surface area contributed by atoms with Crippen molar-refractivity contribution in [3.8, 4) is 0 Å². The van der Waals surface area contributed by atoms with Gasteiger partial charge < -0.3 is 4.98 Å². The predicted molar refractivity (Wildman–Crippen MR) is 33.5 cm³/mol. The number of halogens is 2. The quantitative estimate of drug-likeness (QED) is 0.631. The number of hydrogen-bond acceptors (Lipinski definition) is 0. The van der Waals surface area contributed by atoms with Gasteiger partial charge in [-0.15, -0.1) is 0 Å². The summed E-state index contributed by atoms with van der Waals surface area (Å²) in [7, 11) is 0. The van der Waals surface area contributed by atoms with E-state index in [0.717, 1.165) is 9.63 Å². The zero-order chi connectivity index (χ0) is 5.28. The second kappa shape index (κ2) is 1.88. The first-order chi connectivity index (χ1) is 3.29. The molecule has 0 fully saturated rings. The smallest absolute Gasteiger partial charge is 0.0835 e. The van der Waals surface area contributed by atoms with Crippen LogP contribution in [0.15, 0.2) is 16.9 Å². The Morgan fingerprint density at radius 3 is 2.57 bits per heavy atom. The number of aromatic amines is 1. The highest BCUT2D eigenvalue weighted by Crippen LogP contribution is 2.13. The van der Waals surface area contributed by atoms with Gasteiger partial charge >= 0.3 is 0 Å². The van der Waals surface area contributed by atoms with Crippen molar-refractivity contribution in [2.45, 2.75) is 0 Å². The van der Waals surface area contributed by atoms with E-state index in [1.165, 1.54) is 0 Å². The molecule has 1 N–H and O–H groups in total. The second-order valence-corrected chi connectivity index (χ2v) is 2.46. The molecule has 0 aromatic carbocycles. The topological polar surface area (TPSA) is 15.8 Å². The van der Waals surface area contributed by atoms with E-state index in [4.69, 9.17) is 11.6 Å². The van der Waals surface area contributed by atoms with Crippen molar-refractivity contribution in [2.75, 3.05) is 0 Å². The minimum absolute atomic E-state index is 0.729. The van der Waals surface area contributed by atoms with Gasteiger partial charge in [-0.25, -0.2) is 0 Å². The van der Waals surface area contributed by atoms with Gasteiger partial charge in [0.25, 0.3) is 0 Å². The zero-order valence-electron chi connectivity index (χ0n) is 3.41. The number of aromatic nitrogens is 1. The maximum Gasteiger partial charge on any atom is 0.0835 e. The van der Waals surface area contributed by atoms with Gasteiger partial charge in [-0.3, -0.25) is 0 Å². The Balaban J connectivity index is 3.04. The standard InChI is InChI=1S/C4H3BrClN/c5-4-1-3(6)2-7-4/h1-2,7H. The monoisotopic (exact) mass is 179 g/mol. The molecule has 0 radical (unpaired) electrons. The minimum atomic E-state index is 0.729. The first-order valence-corrected chi connectivity index (χ1v) is 2.95. The van der Waals surface area contributed by atoms with Gasteiger partial charge in [0.05, 0.1) is 9.63 Å². The largest absolute Gasteiger partial charge is 0.355 e. The summed E-state index contributed by atoms with van der Waals surface area (Å²) in [6.07, 6.45) is 1.71. The third-order valence-corrected chi connectivity index (χ3v) is 1.29. The summed E-state index contributed by atoms with van der Waals surface area (Å²) >= 11 is 8.69. The van der Waals surface area contributed by atoms with Crippen LogP contribution in [0.1, 0.15) is 0 Å². The molecule has 0 aliphatic heterocycles. The van der Waals surface area contributed by atoms with E-state index in [-0.39, 0.29) is 0 Å². The Kier molecular flexibility index (Phi) is 1.40. The lowest BCUT2D eigenvalue weighted by Gasteiger charge is -1.67. The maximum absolute atomic E-state index is 5.50. The lowest BCUT2D eigenvalue weighted by Crippen LogP contribution is -1.50. The van der Waals surface area contributed by atoms with Crippen molar-refractivity contribution in [2.24, 2.45) is 0 Å². The highest BCUT2D eigenvalue weighted by Gasteiger charge is 1.86. The normalized spacial score (nSPS) is 9.43. The predicted octanol–water partition coefficient (Wildman–Crippen LogP) is 2.43. The van der Waals surface area contributed by atoms with E-state index in [1.807, 2.05) is 0 Å². The van der Waals surface area contributed by atoms with E-state index in [9.17, 15) is 0 Å². The van der Waals surface area contributed by atoms with Crippen LogP contribution in [-0.4, -0.2) is 4.98 Å². The van der Waals surface area contributed by atoms with E-state index >= 15 is 0 Å². The summed E-state index contributed by atoms with van der Waals surface area (Å²) in [4.78, 5) is 2.85. The fourth-order valence-corrected chi connectivity index (χ4v) is 0.999. The van der Waals surface area contributed by atoms with E-state index in [2.05, 4.69) is 20.9 Å². The van der Waals surface area contributed by atoms with Gasteiger partial charge in [0.15, 0.2) is 0 Å². The number of nitrogens with one attached hydrogen (secondary N) is 1. The number of rotatable bonds is 0. The van der Waals surface area contributed by atoms with Crippen LogP contribution in [0.3, 0.4) is 0 Å². The van der Waals surface area contributed by atoms with Crippen LogP contribution < -0.4 is 0 Å². The van der Waals surface area contributed by atoms with Gasteiger partial charge in [0.1, 0.15) is 0 Å². The van der Waals surface area contributed by atoms with Crippen molar-refractivity contribution in [3.05, 3.63) is 21.9 Å². The van der Waals surface area contributed by atoms with Crippen molar-refractivity contribution in [3.63, 3.8) is 0 Å². The third-order valence-electron chi connectivity index (χ3n) is 0.613. The molecule has 0 aliphatic carbocycles. The zero-order valence-corrected chi connectivity index (χ0v) is 5.75. The van der Waals surface area contributed by atoms with Gasteiger partial charge in [-0.05, 0) is 22.0 Å². The maximum atomic E-state index is 5.50. The van der Waals surface area contributed by atoms with Crippen LogP contribution in [0.4, 0.5) is 0 Å². The van der Waals surface area contributed by atoms with Gasteiger partial charge in [0.2, 0.25) is 0 Å². The fourth-order valence-electron chi connectivity index (χ4n) is 0.342. The molecule has 0 saturated heterocycles. The Labute approximate surface area is 54.8 Å². The van der Waals surface area contributed by atoms with E-state index in [0.29, 0.717) is 0 Å². The molecule has 1 rings (SSSR count). The molecular weight excluding hydrogens is 177 g/mol. The van der Waals surface area contributed by atoms with Crippen molar-refractivity contribution < 1.29 is 0 Å². The van der Waals surface area contributed by atoms with Crippen LogP contribution >= 0.6 is 27.5 Å². The average Bonchev–Trinajstić information content (AvgIpc) is 1.87. The van der Waals surface area contributed by atoms with Crippen LogP contribution in [0.25, 0.3) is 0 Å². The number of hydrogen-bond donors (Lipinski definition) is 1. The SMILES string of the molecule is Clc1c[nH]c(Br)c1. The van der Waals surface area contributed by atoms with Crippen molar-refractivity contribution in [1.82, 2.24) is 4.98 Å². The first kappa shape index (κ1) is 5.19. The van der Waals surface area contributed by atoms with Gasteiger partial charge in [-0.2, -0.15) is 0 Å². The molecule has 1 heterocycles. The van der Waals surface area contributed by atoms with Crippen LogP contribution in [0, 0.1) is 0 Å². The molecule has 0 unspecified atom stereocenters. The summed E-state index contributed by atoms with van der Waals surface area (Å²) in [5, 5.41) is 0.729. The number of H-pyrrole nitrogens is 1. The summed E-state index contributed by atoms with van der Waals surface area (Å²) < 4.78 is 0.914. The average molecular weight is 180 g/mol. The third kappa shape index (κ3) is 1.21. The van der Waals surface area contributed by atoms with E-state index < -0.39 is 0 Å². The summed E-state index contributed by atoms with van der Waals surface area (Å²) in [5.74, 6) is 0. The molecule has 38 valence electrons. The van der Waals surface area contributed by atoms with Crippen molar-refractivity contribution in [1.29, 1.82) is 0 Å². The molecule has 1 aromatic heterocycles. The second-order valence-electron chi connectivity index (χ2n) is 1.17. The van der Waals surface area contributed by atoms with Crippen LogP contribution in [0.5, 0.6) is 0 Å². The van der Waals surface area contributed by atoms with Crippen LogP contribution in [-0.2, 0) is 0 Å². The molecular formula is C4H3BrClN. The Hall–Kier alpha value is 0.0500. The Morgan fingerprint density at radius 1 is 1.71 bits per heavy atom. The molecule has 1 nitrogen and oxygen atoms in total. The molecule has 1 aromatic rings.